The van der Waals surface area contributed by atoms with E-state index in [0.717, 1.165) is 64.6 Å². The second kappa shape index (κ2) is 8.15. The Balaban J connectivity index is 1.34. The molecule has 3 heterocycles. The second-order valence-electron chi connectivity index (χ2n) is 8.74. The molecule has 0 bridgehead atoms. The van der Waals surface area contributed by atoms with Gasteiger partial charge in [0.1, 0.15) is 0 Å². The molecule has 2 aliphatic heterocycles. The number of hydrogen-bond acceptors (Lipinski definition) is 5. The van der Waals surface area contributed by atoms with Gasteiger partial charge in [0.15, 0.2) is 0 Å². The predicted octanol–water partition coefficient (Wildman–Crippen LogP) is 1.55. The molecular formula is C21H30N4O3. The fourth-order valence-electron chi connectivity index (χ4n) is 5.07. The Kier molecular flexibility index (Phi) is 5.62. The van der Waals surface area contributed by atoms with E-state index in [0.29, 0.717) is 18.5 Å². The SMILES string of the molecule is O=C(Cc1cnccn1)N1CCC2(CCC(=O)N(C3CCC(O)CC3)C2)CC1. The van der Waals surface area contributed by atoms with E-state index in [9.17, 15) is 14.7 Å². The van der Waals surface area contributed by atoms with E-state index < -0.39 is 0 Å². The van der Waals surface area contributed by atoms with Gasteiger partial charge < -0.3 is 14.9 Å². The predicted molar refractivity (Wildman–Crippen MR) is 103 cm³/mol. The first-order chi connectivity index (χ1) is 13.5. The highest BCUT2D eigenvalue weighted by atomic mass is 16.3. The average molecular weight is 386 g/mol. The summed E-state index contributed by atoms with van der Waals surface area (Å²) in [5.41, 5.74) is 0.856. The van der Waals surface area contributed by atoms with Crippen molar-refractivity contribution in [2.45, 2.75) is 69.9 Å². The minimum absolute atomic E-state index is 0.111. The molecule has 1 spiro atoms. The van der Waals surface area contributed by atoms with Crippen molar-refractivity contribution in [1.29, 1.82) is 0 Å². The number of amides is 2. The molecule has 0 radical (unpaired) electrons. The van der Waals surface area contributed by atoms with E-state index in [1.807, 2.05) is 4.90 Å². The van der Waals surface area contributed by atoms with Gasteiger partial charge in [0.25, 0.3) is 0 Å². The quantitative estimate of drug-likeness (QED) is 0.852. The van der Waals surface area contributed by atoms with Crippen LogP contribution in [0.25, 0.3) is 0 Å². The molecule has 4 rings (SSSR count). The van der Waals surface area contributed by atoms with Crippen LogP contribution in [0.1, 0.15) is 57.1 Å². The summed E-state index contributed by atoms with van der Waals surface area (Å²) in [7, 11) is 0. The number of carbonyl (C=O) groups excluding carboxylic acids is 2. The lowest BCUT2D eigenvalue weighted by molar-refractivity contribution is -0.146. The summed E-state index contributed by atoms with van der Waals surface area (Å²) in [6, 6.07) is 0.282. The van der Waals surface area contributed by atoms with Crippen molar-refractivity contribution in [2.75, 3.05) is 19.6 Å². The zero-order chi connectivity index (χ0) is 19.6. The van der Waals surface area contributed by atoms with E-state index >= 15 is 0 Å². The molecule has 1 aliphatic carbocycles. The second-order valence-corrected chi connectivity index (χ2v) is 8.74. The maximum atomic E-state index is 12.6. The Bertz CT molecular complexity index is 695. The van der Waals surface area contributed by atoms with Crippen molar-refractivity contribution in [2.24, 2.45) is 5.41 Å². The third kappa shape index (κ3) is 4.19. The van der Waals surface area contributed by atoms with Crippen molar-refractivity contribution in [3.63, 3.8) is 0 Å². The number of likely N-dealkylation sites (tertiary alicyclic amines) is 2. The molecule has 1 aromatic rings. The molecule has 2 amide bonds. The van der Waals surface area contributed by atoms with E-state index in [-0.39, 0.29) is 29.4 Å². The summed E-state index contributed by atoms with van der Waals surface area (Å²) in [6.07, 6.45) is 11.9. The summed E-state index contributed by atoms with van der Waals surface area (Å²) in [5, 5.41) is 9.77. The minimum Gasteiger partial charge on any atom is -0.393 e. The van der Waals surface area contributed by atoms with Crippen molar-refractivity contribution < 1.29 is 14.7 Å². The number of carbonyl (C=O) groups is 2. The van der Waals surface area contributed by atoms with Crippen LogP contribution in [0.2, 0.25) is 0 Å². The molecule has 0 aromatic carbocycles. The van der Waals surface area contributed by atoms with Crippen LogP contribution in [-0.2, 0) is 16.0 Å². The number of aliphatic hydroxyl groups excluding tert-OH is 1. The molecule has 1 N–H and O–H groups in total. The van der Waals surface area contributed by atoms with E-state index in [2.05, 4.69) is 14.9 Å². The fraction of sp³-hybridized carbons (Fsp3) is 0.714. The molecule has 152 valence electrons. The molecule has 7 nitrogen and oxygen atoms in total. The van der Waals surface area contributed by atoms with Gasteiger partial charge in [-0.05, 0) is 50.4 Å². The molecule has 28 heavy (non-hydrogen) atoms. The standard InChI is InChI=1S/C21H30N4O3/c26-18-3-1-17(2-4-18)25-15-21(6-5-19(25)27)7-11-24(12-8-21)20(28)13-16-14-22-9-10-23-16/h9-10,14,17-18,26H,1-8,11-13,15H2. The van der Waals surface area contributed by atoms with Gasteiger partial charge in [-0.3, -0.25) is 19.6 Å². The summed E-state index contributed by atoms with van der Waals surface area (Å²) >= 11 is 0. The third-order valence-corrected chi connectivity index (χ3v) is 6.93. The molecule has 2 saturated heterocycles. The van der Waals surface area contributed by atoms with Gasteiger partial charge in [-0.2, -0.15) is 0 Å². The van der Waals surface area contributed by atoms with Gasteiger partial charge in [-0.15, -0.1) is 0 Å². The van der Waals surface area contributed by atoms with Crippen LogP contribution >= 0.6 is 0 Å². The molecule has 1 saturated carbocycles. The largest absolute Gasteiger partial charge is 0.393 e. The summed E-state index contributed by atoms with van der Waals surface area (Å²) in [4.78, 5) is 37.4. The molecular weight excluding hydrogens is 356 g/mol. The summed E-state index contributed by atoms with van der Waals surface area (Å²) in [6.45, 7) is 2.33. The zero-order valence-corrected chi connectivity index (χ0v) is 16.4. The van der Waals surface area contributed by atoms with Gasteiger partial charge in [0.2, 0.25) is 11.8 Å². The third-order valence-electron chi connectivity index (χ3n) is 6.93. The number of piperidine rings is 2. The van der Waals surface area contributed by atoms with E-state index in [1.165, 1.54) is 0 Å². The van der Waals surface area contributed by atoms with Crippen LogP contribution < -0.4 is 0 Å². The van der Waals surface area contributed by atoms with Crippen LogP contribution in [-0.4, -0.2) is 68.5 Å². The topological polar surface area (TPSA) is 86.6 Å². The maximum Gasteiger partial charge on any atom is 0.228 e. The normalized spacial score (nSPS) is 27.8. The number of aliphatic hydroxyl groups is 1. The highest BCUT2D eigenvalue weighted by Gasteiger charge is 2.43. The van der Waals surface area contributed by atoms with Gasteiger partial charge in [0, 0.05) is 50.7 Å². The molecule has 1 aromatic heterocycles. The lowest BCUT2D eigenvalue weighted by Gasteiger charge is -2.50. The average Bonchev–Trinajstić information content (AvgIpc) is 2.72. The highest BCUT2D eigenvalue weighted by Crippen LogP contribution is 2.42. The first-order valence-electron chi connectivity index (χ1n) is 10.5. The number of hydrogen-bond donors (Lipinski definition) is 1. The Labute approximate surface area is 166 Å². The van der Waals surface area contributed by atoms with Gasteiger partial charge in [-0.25, -0.2) is 0 Å². The van der Waals surface area contributed by atoms with Gasteiger partial charge in [-0.1, -0.05) is 0 Å². The molecule has 3 fully saturated rings. The van der Waals surface area contributed by atoms with Gasteiger partial charge in [0.05, 0.1) is 18.2 Å². The van der Waals surface area contributed by atoms with Crippen LogP contribution in [0.15, 0.2) is 18.6 Å². The first-order valence-corrected chi connectivity index (χ1v) is 10.5. The molecule has 7 heteroatoms. The highest BCUT2D eigenvalue weighted by molar-refractivity contribution is 5.79. The van der Waals surface area contributed by atoms with Crippen molar-refractivity contribution in [3.05, 3.63) is 24.3 Å². The van der Waals surface area contributed by atoms with Crippen molar-refractivity contribution in [1.82, 2.24) is 19.8 Å². The Morgan fingerprint density at radius 3 is 2.57 bits per heavy atom. The zero-order valence-electron chi connectivity index (χ0n) is 16.4. The van der Waals surface area contributed by atoms with E-state index in [4.69, 9.17) is 0 Å². The van der Waals surface area contributed by atoms with Crippen LogP contribution in [0, 0.1) is 5.41 Å². The van der Waals surface area contributed by atoms with Crippen molar-refractivity contribution >= 4 is 11.8 Å². The van der Waals surface area contributed by atoms with Crippen LogP contribution in [0.5, 0.6) is 0 Å². The fourth-order valence-corrected chi connectivity index (χ4v) is 5.07. The number of nitrogens with zero attached hydrogens (tertiary/aromatic N) is 4. The smallest absolute Gasteiger partial charge is 0.228 e. The molecule has 3 aliphatic rings. The van der Waals surface area contributed by atoms with E-state index in [1.54, 1.807) is 18.6 Å². The summed E-state index contributed by atoms with van der Waals surface area (Å²) in [5.74, 6) is 0.383. The minimum atomic E-state index is -0.200. The first kappa shape index (κ1) is 19.3. The number of aromatic nitrogens is 2. The van der Waals surface area contributed by atoms with Crippen LogP contribution in [0.4, 0.5) is 0 Å². The Hall–Kier alpha value is -2.02. The lowest BCUT2D eigenvalue weighted by atomic mass is 9.71. The molecule has 0 unspecified atom stereocenters. The van der Waals surface area contributed by atoms with Crippen molar-refractivity contribution in [3.8, 4) is 0 Å². The maximum absolute atomic E-state index is 12.6. The number of rotatable bonds is 3. The Morgan fingerprint density at radius 1 is 1.14 bits per heavy atom. The van der Waals surface area contributed by atoms with Gasteiger partial charge >= 0.3 is 0 Å². The Morgan fingerprint density at radius 2 is 1.89 bits per heavy atom. The monoisotopic (exact) mass is 386 g/mol. The summed E-state index contributed by atoms with van der Waals surface area (Å²) < 4.78 is 0. The van der Waals surface area contributed by atoms with Crippen LogP contribution in [0.3, 0.4) is 0 Å². The molecule has 0 atom stereocenters. The lowest BCUT2D eigenvalue weighted by Crippen LogP contribution is -2.55.